The number of hydrogen-bond acceptors (Lipinski definition) is 3. The average Bonchev–Trinajstić information content (AvgIpc) is 2.20. The van der Waals surface area contributed by atoms with Gasteiger partial charge in [-0.2, -0.15) is 0 Å². The highest BCUT2D eigenvalue weighted by atomic mass is 16.5. The van der Waals surface area contributed by atoms with Gasteiger partial charge in [0.05, 0.1) is 0 Å². The third kappa shape index (κ3) is 2.75. The number of benzene rings is 1. The molecule has 16 heavy (non-hydrogen) atoms. The van der Waals surface area contributed by atoms with Crippen molar-refractivity contribution >= 4 is 5.97 Å². The van der Waals surface area contributed by atoms with E-state index in [0.717, 1.165) is 12.0 Å². The van der Waals surface area contributed by atoms with E-state index in [1.165, 1.54) is 6.92 Å². The lowest BCUT2D eigenvalue weighted by molar-refractivity contribution is -0.132. The maximum Gasteiger partial charge on any atom is 0.308 e. The van der Waals surface area contributed by atoms with Crippen LogP contribution in [0.5, 0.6) is 11.5 Å². The molecule has 0 radical (unpaired) electrons. The molecule has 0 bridgehead atoms. The predicted octanol–water partition coefficient (Wildman–Crippen LogP) is 3.01. The first kappa shape index (κ1) is 12.6. The molecular weight excluding hydrogens is 204 g/mol. The van der Waals surface area contributed by atoms with Gasteiger partial charge in [-0.1, -0.05) is 26.8 Å². The molecule has 0 aliphatic carbocycles. The van der Waals surface area contributed by atoms with Gasteiger partial charge < -0.3 is 9.84 Å². The van der Waals surface area contributed by atoms with E-state index in [2.05, 4.69) is 20.8 Å². The number of carbonyl (C=O) groups excluding carboxylic acids is 1. The maximum atomic E-state index is 10.9. The van der Waals surface area contributed by atoms with Gasteiger partial charge >= 0.3 is 5.97 Å². The molecule has 1 aromatic rings. The molecule has 0 atom stereocenters. The molecule has 0 aliphatic heterocycles. The van der Waals surface area contributed by atoms with Crippen LogP contribution in [-0.4, -0.2) is 11.1 Å². The Kier molecular flexibility index (Phi) is 3.58. The minimum Gasteiger partial charge on any atom is -0.504 e. The number of hydrogen-bond donors (Lipinski definition) is 1. The van der Waals surface area contributed by atoms with Crippen molar-refractivity contribution < 1.29 is 14.6 Å². The van der Waals surface area contributed by atoms with Gasteiger partial charge in [0.1, 0.15) is 0 Å². The van der Waals surface area contributed by atoms with E-state index in [1.54, 1.807) is 12.1 Å². The fraction of sp³-hybridized carbons (Fsp3) is 0.462. The lowest BCUT2D eigenvalue weighted by atomic mass is 9.82. The Morgan fingerprint density at radius 1 is 1.44 bits per heavy atom. The summed E-state index contributed by atoms with van der Waals surface area (Å²) in [7, 11) is 0. The molecule has 0 amide bonds. The first-order valence-electron chi connectivity index (χ1n) is 5.38. The zero-order valence-corrected chi connectivity index (χ0v) is 10.2. The van der Waals surface area contributed by atoms with Gasteiger partial charge in [0.15, 0.2) is 11.5 Å². The van der Waals surface area contributed by atoms with Crippen molar-refractivity contribution in [3.8, 4) is 11.5 Å². The minimum atomic E-state index is -0.429. The lowest BCUT2D eigenvalue weighted by Crippen LogP contribution is -2.15. The largest absolute Gasteiger partial charge is 0.504 e. The molecule has 0 aromatic heterocycles. The highest BCUT2D eigenvalue weighted by molar-refractivity contribution is 5.70. The second-order valence-corrected chi connectivity index (χ2v) is 4.51. The lowest BCUT2D eigenvalue weighted by Gasteiger charge is -2.23. The Hall–Kier alpha value is -1.51. The summed E-state index contributed by atoms with van der Waals surface area (Å²) >= 11 is 0. The van der Waals surface area contributed by atoms with Gasteiger partial charge in [0, 0.05) is 6.92 Å². The Morgan fingerprint density at radius 3 is 2.56 bits per heavy atom. The number of phenols is 1. The van der Waals surface area contributed by atoms with Gasteiger partial charge in [-0.3, -0.25) is 4.79 Å². The molecule has 0 aliphatic rings. The Bertz CT molecular complexity index is 394. The van der Waals surface area contributed by atoms with E-state index in [1.807, 2.05) is 6.07 Å². The average molecular weight is 222 g/mol. The highest BCUT2D eigenvalue weighted by Crippen LogP contribution is 2.34. The zero-order chi connectivity index (χ0) is 12.3. The van der Waals surface area contributed by atoms with Crippen molar-refractivity contribution in [3.05, 3.63) is 23.8 Å². The van der Waals surface area contributed by atoms with E-state index in [-0.39, 0.29) is 16.9 Å². The van der Waals surface area contributed by atoms with Crippen molar-refractivity contribution in [2.75, 3.05) is 0 Å². The number of aromatic hydroxyl groups is 1. The smallest absolute Gasteiger partial charge is 0.308 e. The normalized spacial score (nSPS) is 11.2. The topological polar surface area (TPSA) is 46.5 Å². The molecule has 1 aromatic carbocycles. The van der Waals surface area contributed by atoms with Crippen molar-refractivity contribution in [1.82, 2.24) is 0 Å². The number of esters is 1. The molecule has 88 valence electrons. The summed E-state index contributed by atoms with van der Waals surface area (Å²) in [5.41, 5.74) is 1.05. The quantitative estimate of drug-likeness (QED) is 0.631. The van der Waals surface area contributed by atoms with Crippen LogP contribution >= 0.6 is 0 Å². The first-order valence-corrected chi connectivity index (χ1v) is 5.38. The van der Waals surface area contributed by atoms with Crippen LogP contribution in [0, 0.1) is 0 Å². The van der Waals surface area contributed by atoms with Crippen molar-refractivity contribution in [3.63, 3.8) is 0 Å². The van der Waals surface area contributed by atoms with Crippen LogP contribution in [0.15, 0.2) is 18.2 Å². The number of carbonyl (C=O) groups is 1. The standard InChI is InChI=1S/C13H18O3/c1-5-13(3,4)10-6-7-11(15)12(8-10)16-9(2)14/h6-8,15H,5H2,1-4H3. The van der Waals surface area contributed by atoms with Gasteiger partial charge in [-0.05, 0) is 29.5 Å². The van der Waals surface area contributed by atoms with Crippen molar-refractivity contribution in [1.29, 1.82) is 0 Å². The van der Waals surface area contributed by atoms with E-state index in [9.17, 15) is 9.90 Å². The molecule has 1 rings (SSSR count). The van der Waals surface area contributed by atoms with Crippen molar-refractivity contribution in [2.45, 2.75) is 39.5 Å². The summed E-state index contributed by atoms with van der Waals surface area (Å²) < 4.78 is 4.94. The molecule has 0 fully saturated rings. The Balaban J connectivity index is 3.12. The van der Waals surface area contributed by atoms with Crippen LogP contribution < -0.4 is 4.74 Å². The second-order valence-electron chi connectivity index (χ2n) is 4.51. The van der Waals surface area contributed by atoms with Crippen LogP contribution in [-0.2, 0) is 10.2 Å². The van der Waals surface area contributed by atoms with E-state index in [4.69, 9.17) is 4.74 Å². The number of ether oxygens (including phenoxy) is 1. The molecule has 0 saturated heterocycles. The number of rotatable bonds is 3. The fourth-order valence-corrected chi connectivity index (χ4v) is 1.38. The van der Waals surface area contributed by atoms with Crippen LogP contribution in [0.25, 0.3) is 0 Å². The summed E-state index contributed by atoms with van der Waals surface area (Å²) in [5, 5.41) is 9.55. The Morgan fingerprint density at radius 2 is 2.06 bits per heavy atom. The third-order valence-corrected chi connectivity index (χ3v) is 2.88. The summed E-state index contributed by atoms with van der Waals surface area (Å²) in [6, 6.07) is 5.14. The molecule has 1 N–H and O–H groups in total. The summed E-state index contributed by atoms with van der Waals surface area (Å²) in [6.07, 6.45) is 0.970. The predicted molar refractivity (Wildman–Crippen MR) is 62.7 cm³/mol. The molecule has 3 nitrogen and oxygen atoms in total. The van der Waals surface area contributed by atoms with Gasteiger partial charge in [-0.25, -0.2) is 0 Å². The second kappa shape index (κ2) is 4.56. The van der Waals surface area contributed by atoms with Gasteiger partial charge in [-0.15, -0.1) is 0 Å². The SMILES string of the molecule is CCC(C)(C)c1ccc(O)c(OC(C)=O)c1. The fourth-order valence-electron chi connectivity index (χ4n) is 1.38. The molecular formula is C13H18O3. The molecule has 0 heterocycles. The van der Waals surface area contributed by atoms with E-state index in [0.29, 0.717) is 0 Å². The number of phenolic OH excluding ortho intramolecular Hbond substituents is 1. The van der Waals surface area contributed by atoms with Gasteiger partial charge in [0.25, 0.3) is 0 Å². The molecule has 0 unspecified atom stereocenters. The summed E-state index contributed by atoms with van der Waals surface area (Å²) in [5.74, 6) is -0.209. The van der Waals surface area contributed by atoms with Crippen LogP contribution in [0.2, 0.25) is 0 Å². The summed E-state index contributed by atoms with van der Waals surface area (Å²) in [6.45, 7) is 7.63. The third-order valence-electron chi connectivity index (χ3n) is 2.88. The summed E-state index contributed by atoms with van der Waals surface area (Å²) in [4.78, 5) is 10.9. The molecule has 0 spiro atoms. The Labute approximate surface area is 96.1 Å². The molecule has 0 saturated carbocycles. The molecule has 3 heteroatoms. The van der Waals surface area contributed by atoms with E-state index < -0.39 is 5.97 Å². The van der Waals surface area contributed by atoms with Crippen molar-refractivity contribution in [2.24, 2.45) is 0 Å². The zero-order valence-electron chi connectivity index (χ0n) is 10.2. The van der Waals surface area contributed by atoms with E-state index >= 15 is 0 Å². The maximum absolute atomic E-state index is 10.9. The van der Waals surface area contributed by atoms with Crippen LogP contribution in [0.1, 0.15) is 39.7 Å². The van der Waals surface area contributed by atoms with Crippen LogP contribution in [0.4, 0.5) is 0 Å². The van der Waals surface area contributed by atoms with Gasteiger partial charge in [0.2, 0.25) is 0 Å². The van der Waals surface area contributed by atoms with Crippen LogP contribution in [0.3, 0.4) is 0 Å². The minimum absolute atomic E-state index is 0.00258. The highest BCUT2D eigenvalue weighted by Gasteiger charge is 2.20. The monoisotopic (exact) mass is 222 g/mol. The first-order chi connectivity index (χ1) is 7.36.